The first-order valence-corrected chi connectivity index (χ1v) is 6.42. The highest BCUT2D eigenvalue weighted by atomic mass is 16.5. The standard InChI is InChI=1S/C15H22N2O3/c1-9-8-10(14(19)20-5)6-7-11(9)17-13(18)12(16)15(2,3)4/h6-8,12H,16H2,1-5H3,(H,17,18)/t12-/m0/s1. The van der Waals surface area contributed by atoms with E-state index in [1.807, 2.05) is 27.7 Å². The Balaban J connectivity index is 2.89. The van der Waals surface area contributed by atoms with Gasteiger partial charge in [-0.15, -0.1) is 0 Å². The molecule has 0 aliphatic heterocycles. The molecule has 0 bridgehead atoms. The summed E-state index contributed by atoms with van der Waals surface area (Å²) in [6.45, 7) is 7.53. The molecule has 110 valence electrons. The van der Waals surface area contributed by atoms with Crippen LogP contribution in [0.3, 0.4) is 0 Å². The zero-order valence-corrected chi connectivity index (χ0v) is 12.6. The van der Waals surface area contributed by atoms with E-state index in [4.69, 9.17) is 5.73 Å². The minimum Gasteiger partial charge on any atom is -0.465 e. The van der Waals surface area contributed by atoms with Crippen molar-refractivity contribution in [2.24, 2.45) is 11.1 Å². The molecule has 0 heterocycles. The number of carbonyl (C=O) groups is 2. The van der Waals surface area contributed by atoms with E-state index in [9.17, 15) is 9.59 Å². The van der Waals surface area contributed by atoms with Crippen molar-refractivity contribution >= 4 is 17.6 Å². The predicted octanol–water partition coefficient (Wildman–Crippen LogP) is 2.09. The highest BCUT2D eigenvalue weighted by Gasteiger charge is 2.27. The second kappa shape index (κ2) is 6.05. The van der Waals surface area contributed by atoms with Crippen molar-refractivity contribution in [1.29, 1.82) is 0 Å². The summed E-state index contributed by atoms with van der Waals surface area (Å²) in [5, 5.41) is 2.78. The molecular formula is C15H22N2O3. The van der Waals surface area contributed by atoms with Crippen molar-refractivity contribution in [3.05, 3.63) is 29.3 Å². The van der Waals surface area contributed by atoms with Gasteiger partial charge in [0.1, 0.15) is 0 Å². The lowest BCUT2D eigenvalue weighted by molar-refractivity contribution is -0.119. The van der Waals surface area contributed by atoms with E-state index in [0.29, 0.717) is 11.3 Å². The van der Waals surface area contributed by atoms with Crippen LogP contribution in [0.1, 0.15) is 36.7 Å². The minimum absolute atomic E-state index is 0.244. The third kappa shape index (κ3) is 3.81. The van der Waals surface area contributed by atoms with E-state index >= 15 is 0 Å². The molecule has 5 nitrogen and oxygen atoms in total. The minimum atomic E-state index is -0.609. The van der Waals surface area contributed by atoms with Gasteiger partial charge in [-0.3, -0.25) is 4.79 Å². The van der Waals surface area contributed by atoms with Gasteiger partial charge in [0.2, 0.25) is 5.91 Å². The largest absolute Gasteiger partial charge is 0.465 e. The van der Waals surface area contributed by atoms with Crippen LogP contribution in [0, 0.1) is 12.3 Å². The molecule has 1 rings (SSSR count). The van der Waals surface area contributed by atoms with Crippen molar-refractivity contribution < 1.29 is 14.3 Å². The van der Waals surface area contributed by atoms with E-state index in [-0.39, 0.29) is 11.3 Å². The van der Waals surface area contributed by atoms with E-state index < -0.39 is 12.0 Å². The fourth-order valence-electron chi connectivity index (χ4n) is 1.65. The number of aryl methyl sites for hydroxylation is 1. The van der Waals surface area contributed by atoms with Gasteiger partial charge in [-0.2, -0.15) is 0 Å². The first-order chi connectivity index (χ1) is 9.16. The fraction of sp³-hybridized carbons (Fsp3) is 0.467. The second-order valence-electron chi connectivity index (χ2n) is 5.85. The maximum absolute atomic E-state index is 12.1. The number of nitrogens with one attached hydrogen (secondary N) is 1. The van der Waals surface area contributed by atoms with Gasteiger partial charge in [0.25, 0.3) is 0 Å². The Bertz CT molecular complexity index is 518. The topological polar surface area (TPSA) is 81.4 Å². The molecule has 1 aromatic carbocycles. The normalized spacial score (nSPS) is 12.7. The van der Waals surface area contributed by atoms with Crippen molar-refractivity contribution in [3.8, 4) is 0 Å². The summed E-state index contributed by atoms with van der Waals surface area (Å²) >= 11 is 0. The molecule has 1 amide bonds. The molecule has 0 aromatic heterocycles. The van der Waals surface area contributed by atoms with Crippen molar-refractivity contribution in [2.75, 3.05) is 12.4 Å². The van der Waals surface area contributed by atoms with Gasteiger partial charge in [0.05, 0.1) is 18.7 Å². The van der Waals surface area contributed by atoms with Crippen LogP contribution in [0.25, 0.3) is 0 Å². The number of anilines is 1. The Morgan fingerprint density at radius 2 is 1.90 bits per heavy atom. The van der Waals surface area contributed by atoms with Gasteiger partial charge < -0.3 is 15.8 Å². The van der Waals surface area contributed by atoms with Gasteiger partial charge in [0.15, 0.2) is 0 Å². The molecular weight excluding hydrogens is 256 g/mol. The van der Waals surface area contributed by atoms with E-state index in [1.54, 1.807) is 18.2 Å². The lowest BCUT2D eigenvalue weighted by atomic mass is 9.87. The number of rotatable bonds is 3. The Kier molecular flexibility index (Phi) is 4.89. The number of methoxy groups -OCH3 is 1. The maximum Gasteiger partial charge on any atom is 0.337 e. The van der Waals surface area contributed by atoms with Crippen LogP contribution in [0.2, 0.25) is 0 Å². The van der Waals surface area contributed by atoms with Gasteiger partial charge >= 0.3 is 5.97 Å². The molecule has 0 saturated heterocycles. The third-order valence-electron chi connectivity index (χ3n) is 3.12. The molecule has 5 heteroatoms. The van der Waals surface area contributed by atoms with Crippen LogP contribution in [-0.2, 0) is 9.53 Å². The van der Waals surface area contributed by atoms with Crippen LogP contribution < -0.4 is 11.1 Å². The number of hydrogen-bond donors (Lipinski definition) is 2. The second-order valence-corrected chi connectivity index (χ2v) is 5.85. The summed E-state index contributed by atoms with van der Waals surface area (Å²) in [6, 6.07) is 4.35. The quantitative estimate of drug-likeness (QED) is 0.830. The number of esters is 1. The lowest BCUT2D eigenvalue weighted by Crippen LogP contribution is -2.45. The molecule has 0 fully saturated rings. The zero-order valence-electron chi connectivity index (χ0n) is 12.6. The van der Waals surface area contributed by atoms with Gasteiger partial charge in [0, 0.05) is 5.69 Å². The number of ether oxygens (including phenoxy) is 1. The average molecular weight is 278 g/mol. The molecule has 0 saturated carbocycles. The van der Waals surface area contributed by atoms with Gasteiger partial charge in [-0.1, -0.05) is 20.8 Å². The van der Waals surface area contributed by atoms with Crippen molar-refractivity contribution in [2.45, 2.75) is 33.7 Å². The average Bonchev–Trinajstić information content (AvgIpc) is 2.38. The number of carbonyl (C=O) groups excluding carboxylic acids is 2. The van der Waals surface area contributed by atoms with Crippen LogP contribution in [-0.4, -0.2) is 25.0 Å². The maximum atomic E-state index is 12.1. The zero-order chi connectivity index (χ0) is 15.5. The summed E-state index contributed by atoms with van der Waals surface area (Å²) in [5.41, 5.74) is 7.46. The summed E-state index contributed by atoms with van der Waals surface area (Å²) in [7, 11) is 1.33. The predicted molar refractivity (Wildman–Crippen MR) is 78.6 cm³/mol. The summed E-state index contributed by atoms with van der Waals surface area (Å²) in [4.78, 5) is 23.5. The Morgan fingerprint density at radius 1 is 1.30 bits per heavy atom. The van der Waals surface area contributed by atoms with Gasteiger partial charge in [-0.25, -0.2) is 4.79 Å². The van der Waals surface area contributed by atoms with E-state index in [2.05, 4.69) is 10.1 Å². The van der Waals surface area contributed by atoms with Crippen LogP contribution in [0.15, 0.2) is 18.2 Å². The van der Waals surface area contributed by atoms with Crippen molar-refractivity contribution in [1.82, 2.24) is 0 Å². The summed E-state index contributed by atoms with van der Waals surface area (Å²) in [5.74, 6) is -0.649. The molecule has 0 aliphatic rings. The van der Waals surface area contributed by atoms with E-state index in [0.717, 1.165) is 5.56 Å². The Morgan fingerprint density at radius 3 is 2.35 bits per heavy atom. The molecule has 0 aliphatic carbocycles. The van der Waals surface area contributed by atoms with Crippen LogP contribution in [0.5, 0.6) is 0 Å². The smallest absolute Gasteiger partial charge is 0.337 e. The van der Waals surface area contributed by atoms with Crippen molar-refractivity contribution in [3.63, 3.8) is 0 Å². The number of amides is 1. The number of nitrogens with two attached hydrogens (primary N) is 1. The SMILES string of the molecule is COC(=O)c1ccc(NC(=O)[C@H](N)C(C)(C)C)c(C)c1. The van der Waals surface area contributed by atoms with E-state index in [1.165, 1.54) is 7.11 Å². The number of benzene rings is 1. The monoisotopic (exact) mass is 278 g/mol. The highest BCUT2D eigenvalue weighted by Crippen LogP contribution is 2.21. The molecule has 0 spiro atoms. The summed E-state index contributed by atoms with van der Waals surface area (Å²) in [6.07, 6.45) is 0. The third-order valence-corrected chi connectivity index (χ3v) is 3.12. The number of hydrogen-bond acceptors (Lipinski definition) is 4. The van der Waals surface area contributed by atoms with Crippen LogP contribution >= 0.6 is 0 Å². The lowest BCUT2D eigenvalue weighted by Gasteiger charge is -2.26. The first-order valence-electron chi connectivity index (χ1n) is 6.42. The Labute approximate surface area is 119 Å². The van der Waals surface area contributed by atoms with Gasteiger partial charge in [-0.05, 0) is 36.1 Å². The highest BCUT2D eigenvalue weighted by molar-refractivity contribution is 5.97. The fourth-order valence-corrected chi connectivity index (χ4v) is 1.65. The van der Waals surface area contributed by atoms with Crippen LogP contribution in [0.4, 0.5) is 5.69 Å². The first kappa shape index (κ1) is 16.2. The molecule has 1 atom stereocenters. The molecule has 1 aromatic rings. The summed E-state index contributed by atoms with van der Waals surface area (Å²) < 4.78 is 4.65. The Hall–Kier alpha value is -1.88. The molecule has 20 heavy (non-hydrogen) atoms. The molecule has 0 radical (unpaired) electrons. The molecule has 0 unspecified atom stereocenters. The molecule has 3 N–H and O–H groups in total.